The first-order valence-electron chi connectivity index (χ1n) is 7.34. The molecule has 1 N–H and O–H groups in total. The van der Waals surface area contributed by atoms with Crippen molar-refractivity contribution in [3.8, 4) is 11.1 Å². The van der Waals surface area contributed by atoms with Gasteiger partial charge in [-0.25, -0.2) is 14.2 Å². The minimum Gasteiger partial charge on any atom is -0.436 e. The Morgan fingerprint density at radius 3 is 2.48 bits per heavy atom. The van der Waals surface area contributed by atoms with Crippen LogP contribution in [0.25, 0.3) is 11.1 Å². The molecule has 0 bridgehead atoms. The molecular weight excluding hydrogens is 385 g/mol. The summed E-state index contributed by atoms with van der Waals surface area (Å²) in [5.41, 5.74) is -1.37. The topological polar surface area (TPSA) is 51.2 Å². The van der Waals surface area contributed by atoms with Gasteiger partial charge in [-0.2, -0.15) is 26.3 Å². The Bertz CT molecular complexity index is 893. The Kier molecular flexibility index (Phi) is 4.58. The molecular formula is C16H9F7N2O2. The number of rotatable bonds is 2. The van der Waals surface area contributed by atoms with Crippen molar-refractivity contribution in [1.29, 1.82) is 0 Å². The van der Waals surface area contributed by atoms with Gasteiger partial charge in [-0.1, -0.05) is 12.1 Å². The second-order valence-electron chi connectivity index (χ2n) is 5.63. The largest absolute Gasteiger partial charge is 0.490 e. The van der Waals surface area contributed by atoms with Gasteiger partial charge in [0.25, 0.3) is 0 Å². The van der Waals surface area contributed by atoms with Crippen molar-refractivity contribution in [2.24, 2.45) is 0 Å². The summed E-state index contributed by atoms with van der Waals surface area (Å²) < 4.78 is 93.9. The van der Waals surface area contributed by atoms with E-state index in [1.807, 2.05) is 0 Å². The predicted octanol–water partition coefficient (Wildman–Crippen LogP) is 4.11. The smallest absolute Gasteiger partial charge is 0.436 e. The van der Waals surface area contributed by atoms with Gasteiger partial charge >= 0.3 is 18.3 Å². The van der Waals surface area contributed by atoms with E-state index in [2.05, 4.69) is 15.0 Å². The molecule has 27 heavy (non-hydrogen) atoms. The molecule has 1 aromatic carbocycles. The fraction of sp³-hybridized carbons (Fsp3) is 0.250. The van der Waals surface area contributed by atoms with Crippen molar-refractivity contribution in [3.63, 3.8) is 0 Å². The summed E-state index contributed by atoms with van der Waals surface area (Å²) in [5.74, 6) is -3.38. The Labute approximate surface area is 147 Å². The first-order valence-corrected chi connectivity index (χ1v) is 7.34. The molecule has 1 aromatic heterocycles. The minimum absolute atomic E-state index is 0.0299. The number of esters is 1. The van der Waals surface area contributed by atoms with E-state index < -0.39 is 41.6 Å². The molecule has 1 aliphatic rings. The van der Waals surface area contributed by atoms with Gasteiger partial charge in [0.15, 0.2) is 11.9 Å². The van der Waals surface area contributed by atoms with Crippen LogP contribution in [0.3, 0.4) is 0 Å². The highest BCUT2D eigenvalue weighted by molar-refractivity contribution is 5.76. The molecule has 11 heteroatoms. The van der Waals surface area contributed by atoms with Gasteiger partial charge in [0.05, 0.1) is 6.20 Å². The van der Waals surface area contributed by atoms with Crippen LogP contribution in [0, 0.1) is 5.82 Å². The third-order valence-corrected chi connectivity index (χ3v) is 3.79. The van der Waals surface area contributed by atoms with Gasteiger partial charge in [0, 0.05) is 17.7 Å². The van der Waals surface area contributed by atoms with E-state index in [-0.39, 0.29) is 17.7 Å². The van der Waals surface area contributed by atoms with Gasteiger partial charge in [0.2, 0.25) is 0 Å². The number of alkyl halides is 6. The molecule has 144 valence electrons. The number of ether oxygens (including phenoxy) is 1. The van der Waals surface area contributed by atoms with Crippen molar-refractivity contribution in [2.45, 2.75) is 25.1 Å². The lowest BCUT2D eigenvalue weighted by atomic mass is 9.98. The molecule has 0 saturated heterocycles. The summed E-state index contributed by atoms with van der Waals surface area (Å²) in [6.07, 6.45) is -11.0. The predicted molar refractivity (Wildman–Crippen MR) is 76.4 cm³/mol. The Morgan fingerprint density at radius 2 is 1.85 bits per heavy atom. The first-order chi connectivity index (χ1) is 12.5. The number of carbonyl (C=O) groups excluding carboxylic acids is 1. The third-order valence-electron chi connectivity index (χ3n) is 3.79. The molecule has 3 rings (SSSR count). The molecule has 0 fully saturated rings. The SMILES string of the molecule is O=C(OC1NCc2cc(-c3cc(F)cnc3C(F)(F)F)ccc21)C(F)(F)F. The van der Waals surface area contributed by atoms with E-state index >= 15 is 0 Å². The van der Waals surface area contributed by atoms with Crippen LogP contribution in [0.4, 0.5) is 30.7 Å². The van der Waals surface area contributed by atoms with Crippen LogP contribution in [0.15, 0.2) is 30.5 Å². The summed E-state index contributed by atoms with van der Waals surface area (Å²) in [5, 5.41) is 2.50. The second kappa shape index (κ2) is 6.48. The maximum absolute atomic E-state index is 13.4. The van der Waals surface area contributed by atoms with Crippen LogP contribution in [0.2, 0.25) is 0 Å². The lowest BCUT2D eigenvalue weighted by Gasteiger charge is -2.15. The molecule has 0 amide bonds. The number of benzene rings is 1. The number of pyridine rings is 1. The highest BCUT2D eigenvalue weighted by atomic mass is 19.4. The fourth-order valence-electron chi connectivity index (χ4n) is 2.66. The fourth-order valence-corrected chi connectivity index (χ4v) is 2.66. The van der Waals surface area contributed by atoms with E-state index in [1.54, 1.807) is 0 Å². The van der Waals surface area contributed by atoms with Crippen LogP contribution < -0.4 is 5.32 Å². The maximum Gasteiger partial charge on any atom is 0.490 e. The van der Waals surface area contributed by atoms with Crippen molar-refractivity contribution in [1.82, 2.24) is 10.3 Å². The molecule has 1 aliphatic heterocycles. The number of nitrogens with one attached hydrogen (secondary N) is 1. The van der Waals surface area contributed by atoms with Gasteiger partial charge in [-0.05, 0) is 23.3 Å². The standard InChI is InChI=1S/C16H9F7N2O2/c17-9-4-11(12(24-6-9)15(18,19)20)7-1-2-10-8(3-7)5-25-13(10)27-14(26)16(21,22)23/h1-4,6,13,25H,5H2. The molecule has 2 aromatic rings. The summed E-state index contributed by atoms with van der Waals surface area (Å²) in [6, 6.07) is 4.28. The van der Waals surface area contributed by atoms with Gasteiger partial charge < -0.3 is 4.74 Å². The van der Waals surface area contributed by atoms with Crippen molar-refractivity contribution < 1.29 is 40.3 Å². The zero-order valence-corrected chi connectivity index (χ0v) is 13.1. The number of aromatic nitrogens is 1. The van der Waals surface area contributed by atoms with E-state index in [9.17, 15) is 35.5 Å². The van der Waals surface area contributed by atoms with Crippen LogP contribution in [0.5, 0.6) is 0 Å². The van der Waals surface area contributed by atoms with Crippen LogP contribution in [0.1, 0.15) is 23.0 Å². The van der Waals surface area contributed by atoms with Crippen LogP contribution >= 0.6 is 0 Å². The lowest BCUT2D eigenvalue weighted by Crippen LogP contribution is -2.30. The zero-order valence-electron chi connectivity index (χ0n) is 13.1. The molecule has 1 atom stereocenters. The summed E-state index contributed by atoms with van der Waals surface area (Å²) in [7, 11) is 0. The quantitative estimate of drug-likeness (QED) is 0.615. The Hall–Kier alpha value is -2.69. The average Bonchev–Trinajstić information content (AvgIpc) is 2.95. The summed E-state index contributed by atoms with van der Waals surface area (Å²) >= 11 is 0. The zero-order chi connectivity index (χ0) is 20.0. The van der Waals surface area contributed by atoms with Gasteiger partial charge in [-0.15, -0.1) is 0 Å². The highest BCUT2D eigenvalue weighted by Gasteiger charge is 2.43. The monoisotopic (exact) mass is 394 g/mol. The summed E-state index contributed by atoms with van der Waals surface area (Å²) in [4.78, 5) is 14.0. The van der Waals surface area contributed by atoms with Crippen molar-refractivity contribution in [3.05, 3.63) is 53.1 Å². The molecule has 0 aliphatic carbocycles. The van der Waals surface area contributed by atoms with Crippen LogP contribution in [-0.2, 0) is 22.3 Å². The van der Waals surface area contributed by atoms with Crippen molar-refractivity contribution in [2.75, 3.05) is 0 Å². The number of nitrogens with zero attached hydrogens (tertiary/aromatic N) is 1. The Balaban J connectivity index is 1.95. The van der Waals surface area contributed by atoms with Crippen LogP contribution in [-0.4, -0.2) is 17.1 Å². The average molecular weight is 394 g/mol. The van der Waals surface area contributed by atoms with Gasteiger partial charge in [-0.3, -0.25) is 5.32 Å². The molecule has 0 saturated carbocycles. The number of hydrogen-bond donors (Lipinski definition) is 1. The van der Waals surface area contributed by atoms with Gasteiger partial charge in [0.1, 0.15) is 5.82 Å². The van der Waals surface area contributed by atoms with E-state index in [4.69, 9.17) is 0 Å². The van der Waals surface area contributed by atoms with E-state index in [0.717, 1.165) is 6.07 Å². The molecule has 0 radical (unpaired) electrons. The molecule has 1 unspecified atom stereocenters. The Morgan fingerprint density at radius 1 is 1.15 bits per heavy atom. The van der Waals surface area contributed by atoms with E-state index in [1.165, 1.54) is 12.1 Å². The molecule has 4 nitrogen and oxygen atoms in total. The number of halogens is 7. The highest BCUT2D eigenvalue weighted by Crippen LogP contribution is 2.38. The third kappa shape index (κ3) is 3.87. The first kappa shape index (κ1) is 19.1. The molecule has 0 spiro atoms. The number of hydrogen-bond acceptors (Lipinski definition) is 4. The lowest BCUT2D eigenvalue weighted by molar-refractivity contribution is -0.206. The number of carbonyl (C=O) groups is 1. The maximum atomic E-state index is 13.4. The second-order valence-corrected chi connectivity index (χ2v) is 5.63. The summed E-state index contributed by atoms with van der Waals surface area (Å²) in [6.45, 7) is -0.0525. The number of fused-ring (bicyclic) bond motifs is 1. The molecule has 2 heterocycles. The van der Waals surface area contributed by atoms with Crippen molar-refractivity contribution >= 4 is 5.97 Å². The minimum atomic E-state index is -5.18. The normalized spacial score (nSPS) is 16.9. The van der Waals surface area contributed by atoms with E-state index in [0.29, 0.717) is 17.8 Å².